The van der Waals surface area contributed by atoms with E-state index in [0.29, 0.717) is 59.9 Å². The normalized spacial score (nSPS) is 15.4. The second kappa shape index (κ2) is 9.56. The van der Waals surface area contributed by atoms with Crippen LogP contribution < -0.4 is 4.90 Å². The zero-order valence-electron chi connectivity index (χ0n) is 16.1. The Hall–Kier alpha value is -2.87. The fourth-order valence-electron chi connectivity index (χ4n) is 3.47. The third-order valence-electron chi connectivity index (χ3n) is 5.03. The van der Waals surface area contributed by atoms with Crippen molar-refractivity contribution in [3.05, 3.63) is 52.6 Å². The number of pyridine rings is 1. The molecule has 1 atom stereocenters. The molecule has 7 heteroatoms. The van der Waals surface area contributed by atoms with Gasteiger partial charge in [-0.25, -0.2) is 4.98 Å². The first-order valence-electron chi connectivity index (χ1n) is 9.52. The lowest BCUT2D eigenvalue weighted by atomic mass is 10.0. The summed E-state index contributed by atoms with van der Waals surface area (Å²) in [4.78, 5) is 18.3. The molecule has 0 bridgehead atoms. The maximum absolute atomic E-state index is 11.7. The summed E-state index contributed by atoms with van der Waals surface area (Å²) in [6.45, 7) is 3.07. The molecule has 1 aromatic carbocycles. The third kappa shape index (κ3) is 4.42. The number of benzene rings is 1. The van der Waals surface area contributed by atoms with Gasteiger partial charge in [-0.1, -0.05) is 49.0 Å². The highest BCUT2D eigenvalue weighted by atomic mass is 32.2. The van der Waals surface area contributed by atoms with Gasteiger partial charge in [0.2, 0.25) is 6.29 Å². The lowest BCUT2D eigenvalue weighted by Gasteiger charge is -2.32. The molecule has 1 aliphatic heterocycles. The predicted octanol–water partition coefficient (Wildman–Crippen LogP) is 3.29. The average Bonchev–Trinajstić information content (AvgIpc) is 2.77. The van der Waals surface area contributed by atoms with Crippen LogP contribution >= 0.6 is 11.8 Å². The number of carbonyl (C=O) groups excluding carboxylic acids is 1. The molecule has 1 aromatic heterocycles. The number of anilines is 1. The SMILES string of the molecule is CCc1c(C#N)c(SC([C]=O)c2ccccc2)nc(N2CCC(O)CC2)c1C#N. The molecular weight excluding hydrogens is 384 g/mol. The molecule has 0 aliphatic carbocycles. The van der Waals surface area contributed by atoms with Crippen LogP contribution in [0.4, 0.5) is 5.82 Å². The number of rotatable bonds is 6. The Balaban J connectivity index is 2.08. The molecule has 1 radical (unpaired) electrons. The van der Waals surface area contributed by atoms with Gasteiger partial charge in [-0.05, 0) is 30.4 Å². The number of piperidine rings is 1. The van der Waals surface area contributed by atoms with E-state index in [4.69, 9.17) is 0 Å². The van der Waals surface area contributed by atoms with Crippen molar-refractivity contribution in [2.24, 2.45) is 0 Å². The van der Waals surface area contributed by atoms with E-state index in [9.17, 15) is 20.4 Å². The quantitative estimate of drug-likeness (QED) is 0.736. The summed E-state index contributed by atoms with van der Waals surface area (Å²) in [6.07, 6.45) is 3.41. The van der Waals surface area contributed by atoms with E-state index in [1.807, 2.05) is 48.4 Å². The monoisotopic (exact) mass is 405 g/mol. The standard InChI is InChI=1S/C22H21N4O2S/c1-2-17-18(12-23)21(26-10-8-16(28)9-11-26)25-22(19(17)13-24)29-20(14-27)15-6-4-3-5-7-15/h3-7,16,20,28H,2,8-11H2,1H3. The zero-order valence-corrected chi connectivity index (χ0v) is 16.9. The van der Waals surface area contributed by atoms with Gasteiger partial charge in [0.1, 0.15) is 28.2 Å². The van der Waals surface area contributed by atoms with Gasteiger partial charge in [-0.3, -0.25) is 4.79 Å². The van der Waals surface area contributed by atoms with Gasteiger partial charge in [0.25, 0.3) is 0 Å². The van der Waals surface area contributed by atoms with Crippen molar-refractivity contribution >= 4 is 23.9 Å². The largest absolute Gasteiger partial charge is 0.393 e. The Labute approximate surface area is 174 Å². The van der Waals surface area contributed by atoms with Crippen molar-refractivity contribution in [1.82, 2.24) is 4.98 Å². The smallest absolute Gasteiger partial charge is 0.217 e. The molecule has 1 N–H and O–H groups in total. The van der Waals surface area contributed by atoms with Gasteiger partial charge in [0, 0.05) is 13.1 Å². The summed E-state index contributed by atoms with van der Waals surface area (Å²) in [6, 6.07) is 13.6. The van der Waals surface area contributed by atoms with E-state index in [-0.39, 0.29) is 6.10 Å². The Bertz CT molecular complexity index is 958. The summed E-state index contributed by atoms with van der Waals surface area (Å²) < 4.78 is 0. The van der Waals surface area contributed by atoms with E-state index >= 15 is 0 Å². The fourth-order valence-corrected chi connectivity index (χ4v) is 4.47. The number of aliphatic hydroxyl groups is 1. The summed E-state index contributed by atoms with van der Waals surface area (Å²) >= 11 is 1.18. The number of hydrogen-bond donors (Lipinski definition) is 1. The van der Waals surface area contributed by atoms with Crippen LogP contribution in [-0.2, 0) is 11.2 Å². The van der Waals surface area contributed by atoms with Crippen LogP contribution in [0.15, 0.2) is 35.4 Å². The molecule has 1 unspecified atom stereocenters. The zero-order chi connectivity index (χ0) is 20.8. The first kappa shape index (κ1) is 20.9. The van der Waals surface area contributed by atoms with E-state index in [1.165, 1.54) is 11.8 Å². The first-order chi connectivity index (χ1) is 14.1. The minimum Gasteiger partial charge on any atom is -0.393 e. The highest BCUT2D eigenvalue weighted by molar-refractivity contribution is 8.00. The highest BCUT2D eigenvalue weighted by Crippen LogP contribution is 2.39. The molecule has 147 valence electrons. The lowest BCUT2D eigenvalue weighted by molar-refractivity contribution is 0.145. The maximum atomic E-state index is 11.7. The average molecular weight is 406 g/mol. The molecule has 29 heavy (non-hydrogen) atoms. The molecule has 1 saturated heterocycles. The van der Waals surface area contributed by atoms with E-state index in [0.717, 1.165) is 5.56 Å². The van der Waals surface area contributed by atoms with Crippen LogP contribution in [0.25, 0.3) is 0 Å². The molecule has 6 nitrogen and oxygen atoms in total. The molecule has 1 aliphatic rings. The molecule has 0 amide bonds. The molecule has 2 aromatic rings. The molecule has 2 heterocycles. The second-order valence-corrected chi connectivity index (χ2v) is 7.88. The molecule has 3 rings (SSSR count). The van der Waals surface area contributed by atoms with Crippen molar-refractivity contribution in [3.63, 3.8) is 0 Å². The van der Waals surface area contributed by atoms with Crippen LogP contribution in [0.2, 0.25) is 0 Å². The number of nitrogens with zero attached hydrogens (tertiary/aromatic N) is 4. The summed E-state index contributed by atoms with van der Waals surface area (Å²) in [5.74, 6) is 0.524. The van der Waals surface area contributed by atoms with Gasteiger partial charge in [-0.15, -0.1) is 0 Å². The van der Waals surface area contributed by atoms with Crippen LogP contribution in [0, 0.1) is 22.7 Å². The maximum Gasteiger partial charge on any atom is 0.217 e. The highest BCUT2D eigenvalue weighted by Gasteiger charge is 2.27. The summed E-state index contributed by atoms with van der Waals surface area (Å²) in [7, 11) is 0. The third-order valence-corrected chi connectivity index (χ3v) is 6.15. The van der Waals surface area contributed by atoms with Crippen LogP contribution in [0.1, 0.15) is 47.3 Å². The minimum atomic E-state index is -0.621. The number of aromatic nitrogens is 1. The van der Waals surface area contributed by atoms with E-state index in [1.54, 1.807) is 0 Å². The van der Waals surface area contributed by atoms with Gasteiger partial charge in [-0.2, -0.15) is 10.5 Å². The topological polar surface area (TPSA) is 101 Å². The lowest BCUT2D eigenvalue weighted by Crippen LogP contribution is -2.37. The van der Waals surface area contributed by atoms with E-state index in [2.05, 4.69) is 17.1 Å². The van der Waals surface area contributed by atoms with Crippen molar-refractivity contribution < 1.29 is 9.90 Å². The Morgan fingerprint density at radius 2 is 1.86 bits per heavy atom. The Morgan fingerprint density at radius 3 is 2.41 bits per heavy atom. The van der Waals surface area contributed by atoms with Crippen molar-refractivity contribution in [3.8, 4) is 12.1 Å². The van der Waals surface area contributed by atoms with Gasteiger partial charge in [0.15, 0.2) is 0 Å². The van der Waals surface area contributed by atoms with Crippen LogP contribution in [0.3, 0.4) is 0 Å². The minimum absolute atomic E-state index is 0.339. The van der Waals surface area contributed by atoms with Crippen molar-refractivity contribution in [2.75, 3.05) is 18.0 Å². The molecule has 0 saturated carbocycles. The summed E-state index contributed by atoms with van der Waals surface area (Å²) in [5.41, 5.74) is 2.16. The number of thioether (sulfide) groups is 1. The summed E-state index contributed by atoms with van der Waals surface area (Å²) in [5, 5.41) is 29.2. The Kier molecular flexibility index (Phi) is 6.87. The number of hydrogen-bond acceptors (Lipinski definition) is 7. The molecule has 1 fully saturated rings. The van der Waals surface area contributed by atoms with Crippen LogP contribution in [0.5, 0.6) is 0 Å². The van der Waals surface area contributed by atoms with Gasteiger partial charge in [0.05, 0.1) is 17.2 Å². The predicted molar refractivity (Wildman–Crippen MR) is 111 cm³/mol. The molecular formula is C22H21N4O2S. The number of aliphatic hydroxyl groups excluding tert-OH is 1. The van der Waals surface area contributed by atoms with Gasteiger partial charge < -0.3 is 10.0 Å². The van der Waals surface area contributed by atoms with Crippen LogP contribution in [-0.4, -0.2) is 35.6 Å². The number of nitriles is 2. The second-order valence-electron chi connectivity index (χ2n) is 6.79. The fraction of sp³-hybridized carbons (Fsp3) is 0.364. The Morgan fingerprint density at radius 1 is 1.21 bits per heavy atom. The van der Waals surface area contributed by atoms with E-state index < -0.39 is 5.25 Å². The van der Waals surface area contributed by atoms with Crippen molar-refractivity contribution in [2.45, 2.75) is 42.6 Å². The van der Waals surface area contributed by atoms with Crippen molar-refractivity contribution in [1.29, 1.82) is 10.5 Å². The molecule has 0 spiro atoms. The van der Waals surface area contributed by atoms with Gasteiger partial charge >= 0.3 is 0 Å². The first-order valence-corrected chi connectivity index (χ1v) is 10.4.